The quantitative estimate of drug-likeness (QED) is 0.663. The van der Waals surface area contributed by atoms with Gasteiger partial charge in [-0.1, -0.05) is 0 Å². The highest BCUT2D eigenvalue weighted by atomic mass is 32.2. The molecule has 0 bridgehead atoms. The molecule has 0 atom stereocenters. The molecular formula is C15H20N4O4S. The number of anilines is 2. The van der Waals surface area contributed by atoms with Crippen LogP contribution in [0.15, 0.2) is 36.4 Å². The summed E-state index contributed by atoms with van der Waals surface area (Å²) >= 11 is 0. The topological polar surface area (TPSA) is 102 Å². The van der Waals surface area contributed by atoms with Gasteiger partial charge in [0.15, 0.2) is 5.82 Å². The predicted octanol–water partition coefficient (Wildman–Crippen LogP) is 1.74. The predicted molar refractivity (Wildman–Crippen MR) is 92.1 cm³/mol. The van der Waals surface area contributed by atoms with Crippen LogP contribution in [0, 0.1) is 0 Å². The lowest BCUT2D eigenvalue weighted by atomic mass is 10.3. The van der Waals surface area contributed by atoms with E-state index in [2.05, 4.69) is 20.2 Å². The molecule has 1 aromatic heterocycles. The summed E-state index contributed by atoms with van der Waals surface area (Å²) in [5, 5.41) is 10.8. The van der Waals surface area contributed by atoms with Gasteiger partial charge in [-0.25, -0.2) is 8.42 Å². The Bertz CT molecular complexity index is 733. The van der Waals surface area contributed by atoms with Crippen molar-refractivity contribution < 1.29 is 17.9 Å². The van der Waals surface area contributed by atoms with Gasteiger partial charge in [-0.3, -0.25) is 4.72 Å². The summed E-state index contributed by atoms with van der Waals surface area (Å²) in [5.74, 6) is 2.23. The van der Waals surface area contributed by atoms with Gasteiger partial charge in [0.2, 0.25) is 10.0 Å². The Kier molecular flexibility index (Phi) is 6.19. The Morgan fingerprint density at radius 1 is 1.00 bits per heavy atom. The minimum Gasteiger partial charge on any atom is -0.497 e. The summed E-state index contributed by atoms with van der Waals surface area (Å²) in [4.78, 5) is 0. The molecule has 0 spiro atoms. The second kappa shape index (κ2) is 8.34. The molecule has 0 aliphatic rings. The Morgan fingerprint density at radius 2 is 1.62 bits per heavy atom. The second-order valence-electron chi connectivity index (χ2n) is 4.76. The maximum Gasteiger partial charge on any atom is 0.233 e. The number of hydrogen-bond acceptors (Lipinski definition) is 7. The van der Waals surface area contributed by atoms with E-state index >= 15 is 0 Å². The van der Waals surface area contributed by atoms with Crippen LogP contribution >= 0.6 is 0 Å². The molecule has 8 nitrogen and oxygen atoms in total. The third-order valence-corrected chi connectivity index (χ3v) is 4.32. The van der Waals surface area contributed by atoms with Crippen molar-refractivity contribution >= 4 is 21.7 Å². The Hall–Kier alpha value is -2.55. The molecule has 0 fully saturated rings. The van der Waals surface area contributed by atoms with Gasteiger partial charge in [-0.2, -0.15) is 0 Å². The van der Waals surface area contributed by atoms with E-state index in [1.54, 1.807) is 26.2 Å². The molecule has 0 aliphatic heterocycles. The van der Waals surface area contributed by atoms with Crippen molar-refractivity contribution in [1.82, 2.24) is 10.2 Å². The van der Waals surface area contributed by atoms with Crippen molar-refractivity contribution in [2.75, 3.05) is 36.1 Å². The molecule has 130 valence electrons. The largest absolute Gasteiger partial charge is 0.497 e. The van der Waals surface area contributed by atoms with Gasteiger partial charge < -0.3 is 14.8 Å². The van der Waals surface area contributed by atoms with E-state index in [4.69, 9.17) is 9.47 Å². The summed E-state index contributed by atoms with van der Waals surface area (Å²) in [5.41, 5.74) is 0. The van der Waals surface area contributed by atoms with Crippen molar-refractivity contribution in [3.8, 4) is 11.5 Å². The van der Waals surface area contributed by atoms with E-state index in [0.29, 0.717) is 19.0 Å². The van der Waals surface area contributed by atoms with Gasteiger partial charge in [-0.15, -0.1) is 10.2 Å². The standard InChI is InChI=1S/C15H20N4O4S/c1-3-24(20,21)19-15-9-8-14(17-18-15)16-10-11-23-13-6-4-12(22-2)5-7-13/h4-9H,3,10-11H2,1-2H3,(H,16,17)(H,18,19). The van der Waals surface area contributed by atoms with E-state index in [0.717, 1.165) is 11.5 Å². The van der Waals surface area contributed by atoms with E-state index in [1.165, 1.54) is 0 Å². The van der Waals surface area contributed by atoms with E-state index in [-0.39, 0.29) is 11.6 Å². The minimum atomic E-state index is -3.34. The molecule has 0 aliphatic carbocycles. The summed E-state index contributed by atoms with van der Waals surface area (Å²) in [7, 11) is -1.73. The number of nitrogens with zero attached hydrogens (tertiary/aromatic N) is 2. The maximum atomic E-state index is 11.4. The molecule has 1 aromatic carbocycles. The van der Waals surface area contributed by atoms with Crippen molar-refractivity contribution in [3.05, 3.63) is 36.4 Å². The molecule has 2 N–H and O–H groups in total. The van der Waals surface area contributed by atoms with Crippen LogP contribution in [0.25, 0.3) is 0 Å². The second-order valence-corrected chi connectivity index (χ2v) is 6.77. The fourth-order valence-corrected chi connectivity index (χ4v) is 2.30. The van der Waals surface area contributed by atoms with E-state index in [1.807, 2.05) is 24.3 Å². The molecular weight excluding hydrogens is 332 g/mol. The molecule has 9 heteroatoms. The highest BCUT2D eigenvalue weighted by molar-refractivity contribution is 7.92. The first-order valence-electron chi connectivity index (χ1n) is 7.37. The van der Waals surface area contributed by atoms with Crippen molar-refractivity contribution in [1.29, 1.82) is 0 Å². The Labute approximate surface area is 141 Å². The number of sulfonamides is 1. The van der Waals surface area contributed by atoms with Gasteiger partial charge in [0.1, 0.15) is 23.9 Å². The molecule has 2 rings (SSSR count). The molecule has 0 saturated heterocycles. The van der Waals surface area contributed by atoms with E-state index in [9.17, 15) is 8.42 Å². The van der Waals surface area contributed by atoms with Crippen LogP contribution in [-0.4, -0.2) is 44.6 Å². The molecule has 0 amide bonds. The third kappa shape index (κ3) is 5.58. The average molecular weight is 352 g/mol. The van der Waals surface area contributed by atoms with Gasteiger partial charge in [0.05, 0.1) is 19.4 Å². The zero-order valence-electron chi connectivity index (χ0n) is 13.5. The summed E-state index contributed by atoms with van der Waals surface area (Å²) < 4.78 is 35.8. The summed E-state index contributed by atoms with van der Waals surface area (Å²) in [6.07, 6.45) is 0. The van der Waals surface area contributed by atoms with Crippen LogP contribution in [0.2, 0.25) is 0 Å². The minimum absolute atomic E-state index is 0.0165. The monoisotopic (exact) mass is 352 g/mol. The SMILES string of the molecule is CCS(=O)(=O)Nc1ccc(NCCOc2ccc(OC)cc2)nn1. The number of ether oxygens (including phenoxy) is 2. The highest BCUT2D eigenvalue weighted by Crippen LogP contribution is 2.16. The van der Waals surface area contributed by atoms with Crippen LogP contribution in [0.1, 0.15) is 6.92 Å². The Balaban J connectivity index is 1.76. The normalized spacial score (nSPS) is 10.9. The molecule has 1 heterocycles. The van der Waals surface area contributed by atoms with Gasteiger partial charge in [-0.05, 0) is 43.3 Å². The summed E-state index contributed by atoms with van der Waals surface area (Å²) in [6.45, 7) is 2.52. The number of aromatic nitrogens is 2. The van der Waals surface area contributed by atoms with Crippen molar-refractivity contribution in [2.45, 2.75) is 6.92 Å². The lowest BCUT2D eigenvalue weighted by Crippen LogP contribution is -2.16. The molecule has 0 unspecified atom stereocenters. The molecule has 24 heavy (non-hydrogen) atoms. The average Bonchev–Trinajstić information content (AvgIpc) is 2.60. The molecule has 2 aromatic rings. The van der Waals surface area contributed by atoms with Crippen molar-refractivity contribution in [3.63, 3.8) is 0 Å². The van der Waals surface area contributed by atoms with Crippen LogP contribution in [0.5, 0.6) is 11.5 Å². The first-order chi connectivity index (χ1) is 11.5. The van der Waals surface area contributed by atoms with Crippen LogP contribution < -0.4 is 19.5 Å². The third-order valence-electron chi connectivity index (χ3n) is 3.04. The van der Waals surface area contributed by atoms with Crippen LogP contribution in [0.3, 0.4) is 0 Å². The van der Waals surface area contributed by atoms with E-state index < -0.39 is 10.0 Å². The first-order valence-corrected chi connectivity index (χ1v) is 9.02. The van der Waals surface area contributed by atoms with Crippen molar-refractivity contribution in [2.24, 2.45) is 0 Å². The number of benzene rings is 1. The molecule has 0 saturated carbocycles. The summed E-state index contributed by atoms with van der Waals surface area (Å²) in [6, 6.07) is 10.5. The lowest BCUT2D eigenvalue weighted by Gasteiger charge is -2.09. The van der Waals surface area contributed by atoms with Crippen LogP contribution in [-0.2, 0) is 10.0 Å². The van der Waals surface area contributed by atoms with Gasteiger partial charge in [0, 0.05) is 0 Å². The van der Waals surface area contributed by atoms with Gasteiger partial charge >= 0.3 is 0 Å². The zero-order valence-corrected chi connectivity index (χ0v) is 14.3. The fraction of sp³-hybridized carbons (Fsp3) is 0.333. The number of rotatable bonds is 9. The zero-order chi connectivity index (χ0) is 17.4. The van der Waals surface area contributed by atoms with Gasteiger partial charge in [0.25, 0.3) is 0 Å². The lowest BCUT2D eigenvalue weighted by molar-refractivity contribution is 0.331. The fourth-order valence-electron chi connectivity index (χ4n) is 1.73. The smallest absolute Gasteiger partial charge is 0.233 e. The number of nitrogens with one attached hydrogen (secondary N) is 2. The van der Waals surface area contributed by atoms with Crippen LogP contribution in [0.4, 0.5) is 11.6 Å². The maximum absolute atomic E-state index is 11.4. The number of hydrogen-bond donors (Lipinski definition) is 2. The number of methoxy groups -OCH3 is 1. The highest BCUT2D eigenvalue weighted by Gasteiger charge is 2.07. The molecule has 0 radical (unpaired) electrons. The first kappa shape index (κ1) is 17.8. The Morgan fingerprint density at radius 3 is 2.21 bits per heavy atom.